The highest BCUT2D eigenvalue weighted by Gasteiger charge is 2.24. The molecule has 3 N–H and O–H groups in total. The highest BCUT2D eigenvalue weighted by Crippen LogP contribution is 2.19. The van der Waals surface area contributed by atoms with Crippen molar-refractivity contribution in [2.45, 2.75) is 32.4 Å². The van der Waals surface area contributed by atoms with Gasteiger partial charge in [0.2, 0.25) is 0 Å². The number of carbonyl (C=O) groups is 2. The van der Waals surface area contributed by atoms with Gasteiger partial charge in [-0.15, -0.1) is 0 Å². The first kappa shape index (κ1) is 14.9. The molecule has 0 radical (unpaired) electrons. The summed E-state index contributed by atoms with van der Waals surface area (Å²) in [6.07, 6.45) is 0. The van der Waals surface area contributed by atoms with Crippen LogP contribution in [0, 0.1) is 5.82 Å². The third-order valence-electron chi connectivity index (χ3n) is 2.71. The zero-order valence-electron chi connectivity index (χ0n) is 11.0. The van der Waals surface area contributed by atoms with E-state index < -0.39 is 23.6 Å². The lowest BCUT2D eigenvalue weighted by Gasteiger charge is -2.27. The second-order valence-corrected chi connectivity index (χ2v) is 4.79. The van der Waals surface area contributed by atoms with Crippen molar-refractivity contribution in [3.05, 3.63) is 35.6 Å². The van der Waals surface area contributed by atoms with Gasteiger partial charge in [0, 0.05) is 0 Å². The van der Waals surface area contributed by atoms with Crippen LogP contribution in [-0.4, -0.2) is 23.1 Å². The van der Waals surface area contributed by atoms with Gasteiger partial charge in [0.1, 0.15) is 11.9 Å². The molecule has 0 aliphatic rings. The van der Waals surface area contributed by atoms with Crippen LogP contribution in [0.2, 0.25) is 0 Å². The smallest absolute Gasteiger partial charge is 0.325 e. The van der Waals surface area contributed by atoms with E-state index in [0.29, 0.717) is 5.56 Å². The first-order valence-corrected chi connectivity index (χ1v) is 5.80. The van der Waals surface area contributed by atoms with E-state index in [9.17, 15) is 14.0 Å². The molecule has 1 atom stereocenters. The van der Waals surface area contributed by atoms with Crippen LogP contribution < -0.4 is 10.6 Å². The van der Waals surface area contributed by atoms with Crippen LogP contribution >= 0.6 is 0 Å². The van der Waals surface area contributed by atoms with Crippen molar-refractivity contribution in [3.63, 3.8) is 0 Å². The number of halogens is 1. The van der Waals surface area contributed by atoms with Gasteiger partial charge in [0.05, 0.1) is 5.54 Å². The number of hydrogen-bond acceptors (Lipinski definition) is 2. The average molecular weight is 268 g/mol. The predicted molar refractivity (Wildman–Crippen MR) is 68.2 cm³/mol. The lowest BCUT2D eigenvalue weighted by atomic mass is 9.94. The maximum absolute atomic E-state index is 12.8. The minimum Gasteiger partial charge on any atom is -0.480 e. The molecule has 2 amide bonds. The number of nitrogens with one attached hydrogen (secondary N) is 2. The van der Waals surface area contributed by atoms with E-state index >= 15 is 0 Å². The van der Waals surface area contributed by atoms with Crippen molar-refractivity contribution < 1.29 is 19.1 Å². The fourth-order valence-electron chi connectivity index (χ4n) is 1.52. The number of hydrogen-bond donors (Lipinski definition) is 3. The van der Waals surface area contributed by atoms with Crippen LogP contribution in [0.15, 0.2) is 24.3 Å². The normalized spacial score (nSPS) is 12.6. The minimum absolute atomic E-state index is 0.358. The van der Waals surface area contributed by atoms with Gasteiger partial charge < -0.3 is 15.7 Å². The number of carbonyl (C=O) groups excluding carboxylic acids is 1. The number of carboxylic acid groups (broad SMARTS) is 1. The fraction of sp³-hybridized carbons (Fsp3) is 0.385. The van der Waals surface area contributed by atoms with Gasteiger partial charge in [-0.05, 0) is 38.5 Å². The van der Waals surface area contributed by atoms with E-state index in [4.69, 9.17) is 5.11 Å². The summed E-state index contributed by atoms with van der Waals surface area (Å²) in [6, 6.07) is 4.16. The molecule has 6 heteroatoms. The molecule has 0 saturated carbocycles. The van der Waals surface area contributed by atoms with Gasteiger partial charge in [0.25, 0.3) is 0 Å². The Morgan fingerprint density at radius 1 is 1.26 bits per heavy atom. The van der Waals surface area contributed by atoms with Gasteiger partial charge in [-0.3, -0.25) is 4.79 Å². The molecule has 0 heterocycles. The molecule has 1 unspecified atom stereocenters. The van der Waals surface area contributed by atoms with Crippen molar-refractivity contribution in [1.82, 2.24) is 10.6 Å². The van der Waals surface area contributed by atoms with Crippen molar-refractivity contribution in [2.24, 2.45) is 0 Å². The summed E-state index contributed by atoms with van der Waals surface area (Å²) in [5.41, 5.74) is -0.0252. The molecule has 5 nitrogen and oxygen atoms in total. The van der Waals surface area contributed by atoms with Crippen LogP contribution in [0.3, 0.4) is 0 Å². The molecule has 0 aliphatic carbocycles. The molecular formula is C13H17FN2O3. The van der Waals surface area contributed by atoms with Gasteiger partial charge >= 0.3 is 12.0 Å². The van der Waals surface area contributed by atoms with Crippen LogP contribution in [0.1, 0.15) is 26.3 Å². The SMILES string of the molecule is CC(NC(=O)NC(C)(C)c1ccc(F)cc1)C(=O)O. The van der Waals surface area contributed by atoms with E-state index in [-0.39, 0.29) is 5.82 Å². The minimum atomic E-state index is -1.12. The Kier molecular flexibility index (Phi) is 4.47. The molecular weight excluding hydrogens is 251 g/mol. The van der Waals surface area contributed by atoms with Crippen molar-refractivity contribution in [2.75, 3.05) is 0 Å². The van der Waals surface area contributed by atoms with Crippen molar-refractivity contribution in [1.29, 1.82) is 0 Å². The summed E-state index contributed by atoms with van der Waals surface area (Å²) in [4.78, 5) is 22.3. The lowest BCUT2D eigenvalue weighted by molar-refractivity contribution is -0.138. The predicted octanol–water partition coefficient (Wildman–Crippen LogP) is 1.83. The van der Waals surface area contributed by atoms with E-state index in [1.54, 1.807) is 26.0 Å². The summed E-state index contributed by atoms with van der Waals surface area (Å²) < 4.78 is 12.8. The molecule has 0 aromatic heterocycles. The van der Waals surface area contributed by atoms with E-state index in [0.717, 1.165) is 0 Å². The highest BCUT2D eigenvalue weighted by molar-refractivity contribution is 5.82. The molecule has 0 aliphatic heterocycles. The third-order valence-corrected chi connectivity index (χ3v) is 2.71. The molecule has 0 fully saturated rings. The van der Waals surface area contributed by atoms with E-state index in [1.165, 1.54) is 19.1 Å². The Labute approximate surface area is 110 Å². The summed E-state index contributed by atoms with van der Waals surface area (Å²) in [5.74, 6) is -1.47. The van der Waals surface area contributed by atoms with Crippen LogP contribution in [-0.2, 0) is 10.3 Å². The first-order valence-electron chi connectivity index (χ1n) is 5.80. The molecule has 1 aromatic rings. The third kappa shape index (κ3) is 4.24. The van der Waals surface area contributed by atoms with Gasteiger partial charge in [0.15, 0.2) is 0 Å². The Morgan fingerprint density at radius 3 is 2.26 bits per heavy atom. The quantitative estimate of drug-likeness (QED) is 0.779. The van der Waals surface area contributed by atoms with E-state index in [2.05, 4.69) is 10.6 Å². The maximum atomic E-state index is 12.8. The fourth-order valence-corrected chi connectivity index (χ4v) is 1.52. The number of carboxylic acids is 1. The molecule has 0 spiro atoms. The Bertz CT molecular complexity index is 471. The molecule has 0 bridgehead atoms. The van der Waals surface area contributed by atoms with Gasteiger partial charge in [-0.1, -0.05) is 12.1 Å². The molecule has 1 aromatic carbocycles. The van der Waals surface area contributed by atoms with Gasteiger partial charge in [-0.25, -0.2) is 9.18 Å². The number of rotatable bonds is 4. The lowest BCUT2D eigenvalue weighted by Crippen LogP contribution is -2.50. The maximum Gasteiger partial charge on any atom is 0.325 e. The molecule has 104 valence electrons. The largest absolute Gasteiger partial charge is 0.480 e. The number of amides is 2. The first-order chi connectivity index (χ1) is 8.72. The number of urea groups is 1. The average Bonchev–Trinajstić information content (AvgIpc) is 2.28. The zero-order valence-corrected chi connectivity index (χ0v) is 11.0. The Balaban J connectivity index is 2.71. The van der Waals surface area contributed by atoms with Crippen molar-refractivity contribution >= 4 is 12.0 Å². The number of benzene rings is 1. The molecule has 19 heavy (non-hydrogen) atoms. The summed E-state index contributed by atoms with van der Waals surface area (Å²) in [6.45, 7) is 4.85. The topological polar surface area (TPSA) is 78.4 Å². The second kappa shape index (κ2) is 5.69. The Hall–Kier alpha value is -2.11. The summed E-state index contributed by atoms with van der Waals surface area (Å²) in [7, 11) is 0. The van der Waals surface area contributed by atoms with E-state index in [1.807, 2.05) is 0 Å². The molecule has 1 rings (SSSR count). The van der Waals surface area contributed by atoms with Gasteiger partial charge in [-0.2, -0.15) is 0 Å². The Morgan fingerprint density at radius 2 is 1.79 bits per heavy atom. The summed E-state index contributed by atoms with van der Waals surface area (Å²) >= 11 is 0. The van der Waals surface area contributed by atoms with Crippen LogP contribution in [0.4, 0.5) is 9.18 Å². The summed E-state index contributed by atoms with van der Waals surface area (Å²) in [5, 5.41) is 13.6. The zero-order chi connectivity index (χ0) is 14.6. The van der Waals surface area contributed by atoms with Crippen LogP contribution in [0.5, 0.6) is 0 Å². The van der Waals surface area contributed by atoms with Crippen molar-refractivity contribution in [3.8, 4) is 0 Å². The molecule has 0 saturated heterocycles. The second-order valence-electron chi connectivity index (χ2n) is 4.79. The monoisotopic (exact) mass is 268 g/mol. The standard InChI is InChI=1S/C13H17FN2O3/c1-8(11(17)18)15-12(19)16-13(2,3)9-4-6-10(14)7-5-9/h4-8H,1-3H3,(H,17,18)(H2,15,16,19). The van der Waals surface area contributed by atoms with Crippen LogP contribution in [0.25, 0.3) is 0 Å². The highest BCUT2D eigenvalue weighted by atomic mass is 19.1. The number of aliphatic carboxylic acids is 1.